The molecule has 0 aromatic heterocycles. The van der Waals surface area contributed by atoms with Gasteiger partial charge in [0.05, 0.1) is 6.42 Å². The van der Waals surface area contributed by atoms with Gasteiger partial charge >= 0.3 is 5.97 Å². The van der Waals surface area contributed by atoms with Gasteiger partial charge in [0.15, 0.2) is 0 Å². The third kappa shape index (κ3) is 2.68. The molecule has 0 radical (unpaired) electrons. The van der Waals surface area contributed by atoms with Crippen LogP contribution in [0.25, 0.3) is 0 Å². The Balaban J connectivity index is 2.48. The molecule has 2 heteroatoms. The van der Waals surface area contributed by atoms with Gasteiger partial charge in [-0.3, -0.25) is 4.79 Å². The topological polar surface area (TPSA) is 37.3 Å². The fourth-order valence-electron chi connectivity index (χ4n) is 3.34. The minimum absolute atomic E-state index is 0.199. The van der Waals surface area contributed by atoms with Crippen molar-refractivity contribution in [2.24, 2.45) is 5.92 Å². The van der Waals surface area contributed by atoms with E-state index in [1.165, 1.54) is 47.1 Å². The Morgan fingerprint density at radius 1 is 1.21 bits per heavy atom. The summed E-state index contributed by atoms with van der Waals surface area (Å²) in [6.45, 7) is 8.54. The van der Waals surface area contributed by atoms with E-state index in [9.17, 15) is 9.90 Å². The molecule has 1 N–H and O–H groups in total. The Bertz CT molecular complexity index is 472. The average molecular weight is 260 g/mol. The highest BCUT2D eigenvalue weighted by molar-refractivity contribution is 5.68. The van der Waals surface area contributed by atoms with Gasteiger partial charge in [0, 0.05) is 0 Å². The van der Waals surface area contributed by atoms with Gasteiger partial charge in [-0.2, -0.15) is 0 Å². The van der Waals surface area contributed by atoms with Gasteiger partial charge in [-0.1, -0.05) is 12.5 Å². The Labute approximate surface area is 115 Å². The molecule has 1 atom stereocenters. The fourth-order valence-corrected chi connectivity index (χ4v) is 3.34. The van der Waals surface area contributed by atoms with Crippen molar-refractivity contribution < 1.29 is 9.90 Å². The van der Waals surface area contributed by atoms with Crippen molar-refractivity contribution in [3.8, 4) is 0 Å². The second-order valence-corrected chi connectivity index (χ2v) is 6.07. The van der Waals surface area contributed by atoms with Crippen molar-refractivity contribution in [2.75, 3.05) is 0 Å². The molecule has 1 aliphatic carbocycles. The summed E-state index contributed by atoms with van der Waals surface area (Å²) in [6.07, 6.45) is 3.90. The minimum atomic E-state index is -0.671. The van der Waals surface area contributed by atoms with E-state index < -0.39 is 5.97 Å². The second-order valence-electron chi connectivity index (χ2n) is 6.07. The summed E-state index contributed by atoms with van der Waals surface area (Å²) >= 11 is 0. The van der Waals surface area contributed by atoms with E-state index in [1.807, 2.05) is 0 Å². The van der Waals surface area contributed by atoms with Crippen molar-refractivity contribution in [3.05, 3.63) is 33.9 Å². The summed E-state index contributed by atoms with van der Waals surface area (Å²) in [4.78, 5) is 11.2. The lowest BCUT2D eigenvalue weighted by atomic mass is 9.69. The summed E-state index contributed by atoms with van der Waals surface area (Å²) in [5, 5.41) is 9.23. The molecule has 0 bridgehead atoms. The summed E-state index contributed by atoms with van der Waals surface area (Å²) in [5.74, 6) is 0.0920. The van der Waals surface area contributed by atoms with Gasteiger partial charge < -0.3 is 5.11 Å². The molecule has 0 saturated heterocycles. The molecule has 1 aromatic rings. The highest BCUT2D eigenvalue weighted by Crippen LogP contribution is 2.44. The quantitative estimate of drug-likeness (QED) is 0.877. The molecule has 0 aliphatic heterocycles. The maximum atomic E-state index is 11.2. The first-order valence-electron chi connectivity index (χ1n) is 7.21. The summed E-state index contributed by atoms with van der Waals surface area (Å²) < 4.78 is 0. The van der Waals surface area contributed by atoms with Crippen LogP contribution >= 0.6 is 0 Å². The number of carboxylic acid groups (broad SMARTS) is 1. The molecule has 19 heavy (non-hydrogen) atoms. The van der Waals surface area contributed by atoms with E-state index in [0.717, 1.165) is 0 Å². The van der Waals surface area contributed by atoms with E-state index in [4.69, 9.17) is 0 Å². The molecule has 0 heterocycles. The highest BCUT2D eigenvalue weighted by Gasteiger charge is 2.32. The van der Waals surface area contributed by atoms with E-state index in [-0.39, 0.29) is 12.3 Å². The normalized spacial score (nSPS) is 17.1. The van der Waals surface area contributed by atoms with Crippen molar-refractivity contribution in [1.29, 1.82) is 0 Å². The van der Waals surface area contributed by atoms with Crippen molar-refractivity contribution in [3.63, 3.8) is 0 Å². The van der Waals surface area contributed by atoms with Crippen LogP contribution in [0.1, 0.15) is 59.4 Å². The molecule has 1 aliphatic rings. The third-order valence-electron chi connectivity index (χ3n) is 4.91. The monoisotopic (exact) mass is 260 g/mol. The lowest BCUT2D eigenvalue weighted by molar-refractivity contribution is -0.138. The molecule has 2 rings (SSSR count). The minimum Gasteiger partial charge on any atom is -0.481 e. The van der Waals surface area contributed by atoms with Crippen LogP contribution in [0, 0.1) is 33.6 Å². The van der Waals surface area contributed by atoms with Crippen LogP contribution < -0.4 is 0 Å². The molecule has 1 fully saturated rings. The summed E-state index contributed by atoms with van der Waals surface area (Å²) in [7, 11) is 0. The zero-order valence-electron chi connectivity index (χ0n) is 12.4. The predicted octanol–water partition coefficient (Wildman–Crippen LogP) is 4.28. The molecule has 1 unspecified atom stereocenters. The van der Waals surface area contributed by atoms with Crippen LogP contribution in [0.4, 0.5) is 0 Å². The molecule has 0 amide bonds. The smallest absolute Gasteiger partial charge is 0.303 e. The summed E-state index contributed by atoms with van der Waals surface area (Å²) in [6, 6.07) is 2.22. The molecular formula is C17H24O2. The van der Waals surface area contributed by atoms with E-state index in [2.05, 4.69) is 33.8 Å². The maximum Gasteiger partial charge on any atom is 0.303 e. The van der Waals surface area contributed by atoms with Gasteiger partial charge in [-0.05, 0) is 80.2 Å². The first-order valence-corrected chi connectivity index (χ1v) is 7.21. The number of aryl methyl sites for hydroxylation is 2. The standard InChI is InChI=1S/C17H24O2/c1-10-8-11(2)13(4)17(12(10)3)15(9-16(18)19)14-6-5-7-14/h8,14-15H,5-7,9H2,1-4H3,(H,18,19). The number of rotatable bonds is 4. The Hall–Kier alpha value is -1.31. The number of carboxylic acids is 1. The molecule has 0 spiro atoms. The van der Waals surface area contributed by atoms with Crippen LogP contribution in [0.2, 0.25) is 0 Å². The number of hydrogen-bond acceptors (Lipinski definition) is 1. The first kappa shape index (κ1) is 14.1. The van der Waals surface area contributed by atoms with Gasteiger partial charge in [-0.15, -0.1) is 0 Å². The van der Waals surface area contributed by atoms with E-state index >= 15 is 0 Å². The van der Waals surface area contributed by atoms with Gasteiger partial charge in [0.2, 0.25) is 0 Å². The average Bonchev–Trinajstić information content (AvgIpc) is 2.23. The zero-order chi connectivity index (χ0) is 14.2. The SMILES string of the molecule is Cc1cc(C)c(C)c(C(CC(=O)O)C2CCC2)c1C. The lowest BCUT2D eigenvalue weighted by Gasteiger charge is -2.35. The molecule has 1 saturated carbocycles. The Morgan fingerprint density at radius 3 is 2.11 bits per heavy atom. The van der Waals surface area contributed by atoms with Crippen molar-refractivity contribution in [2.45, 2.75) is 59.3 Å². The van der Waals surface area contributed by atoms with Gasteiger partial charge in [-0.25, -0.2) is 0 Å². The second kappa shape index (κ2) is 5.36. The first-order chi connectivity index (χ1) is 8.91. The third-order valence-corrected chi connectivity index (χ3v) is 4.91. The summed E-state index contributed by atoms with van der Waals surface area (Å²) in [5.41, 5.74) is 6.47. The van der Waals surface area contributed by atoms with Crippen LogP contribution in [0.5, 0.6) is 0 Å². The maximum absolute atomic E-state index is 11.2. The van der Waals surface area contributed by atoms with Gasteiger partial charge in [0.25, 0.3) is 0 Å². The molecule has 104 valence electrons. The predicted molar refractivity (Wildman–Crippen MR) is 77.7 cm³/mol. The Kier molecular flexibility index (Phi) is 3.98. The number of benzene rings is 1. The van der Waals surface area contributed by atoms with E-state index in [1.54, 1.807) is 0 Å². The lowest BCUT2D eigenvalue weighted by Crippen LogP contribution is -2.24. The van der Waals surface area contributed by atoms with Crippen molar-refractivity contribution in [1.82, 2.24) is 0 Å². The highest BCUT2D eigenvalue weighted by atomic mass is 16.4. The molecule has 1 aromatic carbocycles. The van der Waals surface area contributed by atoms with Crippen LogP contribution in [0.15, 0.2) is 6.07 Å². The van der Waals surface area contributed by atoms with Gasteiger partial charge in [0.1, 0.15) is 0 Å². The van der Waals surface area contributed by atoms with E-state index in [0.29, 0.717) is 5.92 Å². The molecule has 2 nitrogen and oxygen atoms in total. The largest absolute Gasteiger partial charge is 0.481 e. The number of aliphatic carboxylic acids is 1. The van der Waals surface area contributed by atoms with Crippen molar-refractivity contribution >= 4 is 5.97 Å². The fraction of sp³-hybridized carbons (Fsp3) is 0.588. The van der Waals surface area contributed by atoms with Crippen LogP contribution in [-0.4, -0.2) is 11.1 Å². The Morgan fingerprint density at radius 2 is 1.74 bits per heavy atom. The molecular weight excluding hydrogens is 236 g/mol. The number of hydrogen-bond donors (Lipinski definition) is 1. The number of carbonyl (C=O) groups is 1. The zero-order valence-corrected chi connectivity index (χ0v) is 12.4. The van der Waals surface area contributed by atoms with Crippen LogP contribution in [-0.2, 0) is 4.79 Å². The van der Waals surface area contributed by atoms with Crippen LogP contribution in [0.3, 0.4) is 0 Å².